The smallest absolute Gasteiger partial charge is 0.266 e. The average molecular weight is 457 g/mol. The Morgan fingerprint density at radius 3 is 2.65 bits per heavy atom. The molecule has 0 unspecified atom stereocenters. The predicted octanol–water partition coefficient (Wildman–Crippen LogP) is 4.36. The number of amides is 1. The molecule has 0 saturated carbocycles. The fourth-order valence-electron chi connectivity index (χ4n) is 2.21. The van der Waals surface area contributed by atoms with Crippen molar-refractivity contribution in [2.24, 2.45) is 0 Å². The van der Waals surface area contributed by atoms with E-state index in [0.29, 0.717) is 17.0 Å². The summed E-state index contributed by atoms with van der Waals surface area (Å²) in [4.78, 5) is 12.4. The van der Waals surface area contributed by atoms with Crippen molar-refractivity contribution in [3.63, 3.8) is 0 Å². The standard InChI is InChI=1S/C20H16IN3O2/c1-13-3-4-14(2)18(9-13)24-20(25)16(12-23)10-15-5-6-19(17(21)11-15)26-8-7-22/h3-6,9-11H,8H2,1-2H3,(H,24,25)/b16-10+. The zero-order chi connectivity index (χ0) is 19.1. The van der Waals surface area contributed by atoms with Gasteiger partial charge in [0.15, 0.2) is 6.61 Å². The molecule has 0 radical (unpaired) electrons. The van der Waals surface area contributed by atoms with Gasteiger partial charge in [0, 0.05) is 5.69 Å². The molecule has 0 heterocycles. The summed E-state index contributed by atoms with van der Waals surface area (Å²) < 4.78 is 6.08. The number of carbonyl (C=O) groups is 1. The van der Waals surface area contributed by atoms with Gasteiger partial charge in [0.05, 0.1) is 3.57 Å². The molecule has 0 spiro atoms. The first-order chi connectivity index (χ1) is 12.4. The third kappa shape index (κ3) is 5.08. The van der Waals surface area contributed by atoms with E-state index in [1.54, 1.807) is 18.2 Å². The summed E-state index contributed by atoms with van der Waals surface area (Å²) in [6.07, 6.45) is 1.52. The number of ether oxygens (including phenoxy) is 1. The first-order valence-corrected chi connectivity index (χ1v) is 8.82. The minimum atomic E-state index is -0.457. The molecule has 0 bridgehead atoms. The minimum Gasteiger partial charge on any atom is -0.478 e. The zero-order valence-electron chi connectivity index (χ0n) is 14.3. The Bertz CT molecular complexity index is 953. The van der Waals surface area contributed by atoms with Gasteiger partial charge in [-0.05, 0) is 77.4 Å². The first-order valence-electron chi connectivity index (χ1n) is 7.74. The molecule has 0 aliphatic rings. The Labute approximate surface area is 166 Å². The molecule has 0 saturated heterocycles. The van der Waals surface area contributed by atoms with Gasteiger partial charge in [0.1, 0.15) is 23.5 Å². The molecule has 26 heavy (non-hydrogen) atoms. The maximum atomic E-state index is 12.4. The van der Waals surface area contributed by atoms with E-state index in [1.807, 2.05) is 44.2 Å². The van der Waals surface area contributed by atoms with Crippen LogP contribution in [0.15, 0.2) is 42.0 Å². The normalized spacial score (nSPS) is 10.6. The lowest BCUT2D eigenvalue weighted by atomic mass is 10.1. The number of aryl methyl sites for hydroxylation is 2. The number of carbonyl (C=O) groups excluding carboxylic acids is 1. The minimum absolute atomic E-state index is 0.00685. The van der Waals surface area contributed by atoms with Crippen LogP contribution >= 0.6 is 22.6 Å². The van der Waals surface area contributed by atoms with Crippen LogP contribution in [0.25, 0.3) is 6.08 Å². The van der Waals surface area contributed by atoms with E-state index in [2.05, 4.69) is 27.9 Å². The summed E-state index contributed by atoms with van der Waals surface area (Å²) in [6, 6.07) is 14.8. The highest BCUT2D eigenvalue weighted by Gasteiger charge is 2.12. The number of nitrogens with one attached hydrogen (secondary N) is 1. The van der Waals surface area contributed by atoms with Crippen LogP contribution in [0.4, 0.5) is 5.69 Å². The van der Waals surface area contributed by atoms with Crippen molar-refractivity contribution >= 4 is 40.3 Å². The van der Waals surface area contributed by atoms with Crippen LogP contribution in [-0.2, 0) is 4.79 Å². The summed E-state index contributed by atoms with van der Waals surface area (Å²) in [5.41, 5.74) is 3.34. The van der Waals surface area contributed by atoms with Crippen LogP contribution in [0.1, 0.15) is 16.7 Å². The summed E-state index contributed by atoms with van der Waals surface area (Å²) in [7, 11) is 0. The topological polar surface area (TPSA) is 85.9 Å². The molecule has 2 aromatic carbocycles. The van der Waals surface area contributed by atoms with Crippen LogP contribution in [0.3, 0.4) is 0 Å². The molecule has 0 aliphatic heterocycles. The summed E-state index contributed by atoms with van der Waals surface area (Å²) >= 11 is 2.08. The number of anilines is 1. The predicted molar refractivity (Wildman–Crippen MR) is 108 cm³/mol. The molecule has 6 heteroatoms. The largest absolute Gasteiger partial charge is 0.478 e. The maximum absolute atomic E-state index is 12.4. The third-order valence-electron chi connectivity index (χ3n) is 3.57. The van der Waals surface area contributed by atoms with Crippen LogP contribution in [0, 0.1) is 40.1 Å². The monoisotopic (exact) mass is 457 g/mol. The van der Waals surface area contributed by atoms with E-state index in [4.69, 9.17) is 10.00 Å². The van der Waals surface area contributed by atoms with E-state index < -0.39 is 5.91 Å². The third-order valence-corrected chi connectivity index (χ3v) is 4.41. The SMILES string of the molecule is Cc1ccc(C)c(NC(=O)/C(C#N)=C/c2ccc(OCC#N)c(I)c2)c1. The van der Waals surface area contributed by atoms with E-state index in [0.717, 1.165) is 14.7 Å². The van der Waals surface area contributed by atoms with Gasteiger partial charge < -0.3 is 10.1 Å². The van der Waals surface area contributed by atoms with Crippen molar-refractivity contribution in [1.29, 1.82) is 10.5 Å². The van der Waals surface area contributed by atoms with Crippen LogP contribution in [-0.4, -0.2) is 12.5 Å². The molecule has 130 valence electrons. The molecule has 1 N–H and O–H groups in total. The molecule has 2 rings (SSSR count). The molecule has 2 aromatic rings. The Morgan fingerprint density at radius 2 is 2.00 bits per heavy atom. The van der Waals surface area contributed by atoms with Crippen molar-refractivity contribution in [3.05, 3.63) is 62.2 Å². The van der Waals surface area contributed by atoms with Gasteiger partial charge in [-0.3, -0.25) is 4.79 Å². The Balaban J connectivity index is 2.23. The number of halogens is 1. The number of nitrogens with zero attached hydrogens (tertiary/aromatic N) is 2. The van der Waals surface area contributed by atoms with Crippen LogP contribution < -0.4 is 10.1 Å². The van der Waals surface area contributed by atoms with Crippen molar-refractivity contribution < 1.29 is 9.53 Å². The molecule has 0 aliphatic carbocycles. The second kappa shape index (κ2) is 9.02. The lowest BCUT2D eigenvalue weighted by Gasteiger charge is -2.09. The number of hydrogen-bond donors (Lipinski definition) is 1. The molecular weight excluding hydrogens is 441 g/mol. The van der Waals surface area contributed by atoms with Gasteiger partial charge in [-0.2, -0.15) is 10.5 Å². The van der Waals surface area contributed by atoms with Gasteiger partial charge >= 0.3 is 0 Å². The highest BCUT2D eigenvalue weighted by Crippen LogP contribution is 2.24. The van der Waals surface area contributed by atoms with E-state index in [-0.39, 0.29) is 12.2 Å². The van der Waals surface area contributed by atoms with Crippen molar-refractivity contribution in [2.45, 2.75) is 13.8 Å². The van der Waals surface area contributed by atoms with Crippen LogP contribution in [0.2, 0.25) is 0 Å². The molecular formula is C20H16IN3O2. The Hall–Kier alpha value is -2.84. The lowest BCUT2D eigenvalue weighted by Crippen LogP contribution is -2.14. The molecule has 0 atom stereocenters. The Morgan fingerprint density at radius 1 is 1.23 bits per heavy atom. The molecule has 1 amide bonds. The molecule has 0 aromatic heterocycles. The number of nitriles is 2. The second-order valence-electron chi connectivity index (χ2n) is 5.58. The van der Waals surface area contributed by atoms with E-state index >= 15 is 0 Å². The molecule has 5 nitrogen and oxygen atoms in total. The van der Waals surface area contributed by atoms with Gasteiger partial charge in [-0.25, -0.2) is 0 Å². The van der Waals surface area contributed by atoms with E-state index in [1.165, 1.54) is 6.08 Å². The highest BCUT2D eigenvalue weighted by molar-refractivity contribution is 14.1. The summed E-state index contributed by atoms with van der Waals surface area (Å²) in [6.45, 7) is 3.80. The van der Waals surface area contributed by atoms with Gasteiger partial charge in [0.25, 0.3) is 5.91 Å². The van der Waals surface area contributed by atoms with Gasteiger partial charge in [-0.15, -0.1) is 0 Å². The summed E-state index contributed by atoms with van der Waals surface area (Å²) in [5.74, 6) is 0.128. The van der Waals surface area contributed by atoms with Crippen molar-refractivity contribution in [1.82, 2.24) is 0 Å². The Kier molecular flexibility index (Phi) is 6.76. The first kappa shape index (κ1) is 19.5. The summed E-state index contributed by atoms with van der Waals surface area (Å²) in [5, 5.41) is 20.7. The number of hydrogen-bond acceptors (Lipinski definition) is 4. The fraction of sp³-hybridized carbons (Fsp3) is 0.150. The number of rotatable bonds is 5. The highest BCUT2D eigenvalue weighted by atomic mass is 127. The number of benzene rings is 2. The van der Waals surface area contributed by atoms with Crippen LogP contribution in [0.5, 0.6) is 5.75 Å². The van der Waals surface area contributed by atoms with Crippen molar-refractivity contribution in [2.75, 3.05) is 11.9 Å². The maximum Gasteiger partial charge on any atom is 0.266 e. The second-order valence-corrected chi connectivity index (χ2v) is 6.74. The van der Waals surface area contributed by atoms with Gasteiger partial charge in [-0.1, -0.05) is 18.2 Å². The van der Waals surface area contributed by atoms with Crippen molar-refractivity contribution in [3.8, 4) is 17.9 Å². The average Bonchev–Trinajstić information content (AvgIpc) is 2.62. The molecule has 0 fully saturated rings. The zero-order valence-corrected chi connectivity index (χ0v) is 16.5. The van der Waals surface area contributed by atoms with Gasteiger partial charge in [0.2, 0.25) is 0 Å². The quantitative estimate of drug-likeness (QED) is 0.411. The lowest BCUT2D eigenvalue weighted by molar-refractivity contribution is -0.112. The van der Waals surface area contributed by atoms with E-state index in [9.17, 15) is 10.1 Å². The fourth-order valence-corrected chi connectivity index (χ4v) is 2.90.